The van der Waals surface area contributed by atoms with Gasteiger partial charge in [0.05, 0.1) is 4.90 Å². The summed E-state index contributed by atoms with van der Waals surface area (Å²) in [7, 11) is -3.64. The highest BCUT2D eigenvalue weighted by molar-refractivity contribution is 7.91. The average Bonchev–Trinajstić information content (AvgIpc) is 2.75. The molecule has 0 N–H and O–H groups in total. The predicted octanol–water partition coefficient (Wildman–Crippen LogP) is 4.54. The molecule has 2 aromatic carbocycles. The average molecular weight is 321 g/mol. The zero-order valence-electron chi connectivity index (χ0n) is 11.6. The second-order valence-corrected chi connectivity index (χ2v) is 7.27. The molecule has 0 fully saturated rings. The Morgan fingerprint density at radius 1 is 1.00 bits per heavy atom. The van der Waals surface area contributed by atoms with Gasteiger partial charge in [-0.1, -0.05) is 23.2 Å². The minimum atomic E-state index is -3.64. The summed E-state index contributed by atoms with van der Waals surface area (Å²) in [6, 6.07) is 11.7. The van der Waals surface area contributed by atoms with Crippen LogP contribution in [0.25, 0.3) is 11.0 Å². The summed E-state index contributed by atoms with van der Waals surface area (Å²) in [6.45, 7) is 3.58. The Balaban J connectivity index is 2.30. The van der Waals surface area contributed by atoms with Crippen LogP contribution in [0.5, 0.6) is 0 Å². The molecule has 3 aromatic rings. The van der Waals surface area contributed by atoms with Crippen LogP contribution in [0.3, 0.4) is 0 Å². The highest BCUT2D eigenvalue weighted by Crippen LogP contribution is 2.34. The van der Waals surface area contributed by atoms with Crippen molar-refractivity contribution in [3.8, 4) is 0 Å². The zero-order valence-corrected chi connectivity index (χ0v) is 13.1. The number of aryl methyl sites for hydroxylation is 2. The first-order chi connectivity index (χ1) is 9.89. The third-order valence-corrected chi connectivity index (χ3v) is 5.54. The molecule has 0 saturated carbocycles. The maximum absolute atomic E-state index is 12.8. The number of fused-ring (bicyclic) bond motifs is 1. The van der Waals surface area contributed by atoms with Crippen molar-refractivity contribution >= 4 is 32.4 Å². The van der Waals surface area contributed by atoms with Crippen LogP contribution in [-0.2, 0) is 9.84 Å². The van der Waals surface area contributed by atoms with Gasteiger partial charge in [-0.15, -0.1) is 0 Å². The summed E-state index contributed by atoms with van der Waals surface area (Å²) in [5.74, 6) is 0.394. The molecular weight excluding hydrogens is 308 g/mol. The van der Waals surface area contributed by atoms with Crippen LogP contribution in [0.4, 0.5) is 0 Å². The summed E-state index contributed by atoms with van der Waals surface area (Å²) in [5.41, 5.74) is 1.56. The summed E-state index contributed by atoms with van der Waals surface area (Å²) >= 11 is 5.82. The van der Waals surface area contributed by atoms with Crippen molar-refractivity contribution in [2.45, 2.75) is 23.6 Å². The minimum Gasteiger partial charge on any atom is -0.460 e. The van der Waals surface area contributed by atoms with E-state index in [1.165, 1.54) is 12.1 Å². The van der Waals surface area contributed by atoms with Gasteiger partial charge in [0.2, 0.25) is 9.84 Å². The molecule has 3 nitrogen and oxygen atoms in total. The van der Waals surface area contributed by atoms with Gasteiger partial charge in [0.25, 0.3) is 0 Å². The van der Waals surface area contributed by atoms with Gasteiger partial charge in [-0.05, 0) is 50.2 Å². The fraction of sp³-hybridized carbons (Fsp3) is 0.125. The highest BCUT2D eigenvalue weighted by atomic mass is 35.5. The van der Waals surface area contributed by atoms with Crippen molar-refractivity contribution in [2.24, 2.45) is 0 Å². The molecule has 0 radical (unpaired) electrons. The molecule has 1 heterocycles. The van der Waals surface area contributed by atoms with Crippen molar-refractivity contribution in [3.05, 3.63) is 58.8 Å². The van der Waals surface area contributed by atoms with E-state index in [1.807, 2.05) is 19.1 Å². The fourth-order valence-electron chi connectivity index (χ4n) is 2.38. The summed E-state index contributed by atoms with van der Waals surface area (Å²) in [6.07, 6.45) is 0. The monoisotopic (exact) mass is 320 g/mol. The number of hydrogen-bond acceptors (Lipinski definition) is 3. The molecule has 1 aromatic heterocycles. The number of sulfone groups is 1. The van der Waals surface area contributed by atoms with Gasteiger partial charge < -0.3 is 4.42 Å². The van der Waals surface area contributed by atoms with Crippen LogP contribution in [0.2, 0.25) is 5.02 Å². The normalized spacial score (nSPS) is 12.0. The van der Waals surface area contributed by atoms with Crippen LogP contribution < -0.4 is 0 Å². The Hall–Kier alpha value is -1.78. The van der Waals surface area contributed by atoms with E-state index >= 15 is 0 Å². The van der Waals surface area contributed by atoms with Crippen LogP contribution >= 0.6 is 11.6 Å². The van der Waals surface area contributed by atoms with E-state index in [1.54, 1.807) is 25.1 Å². The zero-order chi connectivity index (χ0) is 15.2. The largest absolute Gasteiger partial charge is 0.460 e. The lowest BCUT2D eigenvalue weighted by molar-refractivity contribution is 0.557. The van der Waals surface area contributed by atoms with E-state index in [-0.39, 0.29) is 9.79 Å². The smallest absolute Gasteiger partial charge is 0.210 e. The Bertz CT molecular complexity index is 922. The molecule has 0 saturated heterocycles. The van der Waals surface area contributed by atoms with Crippen molar-refractivity contribution < 1.29 is 12.8 Å². The van der Waals surface area contributed by atoms with Gasteiger partial charge in [-0.2, -0.15) is 0 Å². The molecule has 108 valence electrons. The van der Waals surface area contributed by atoms with E-state index in [0.29, 0.717) is 21.8 Å². The van der Waals surface area contributed by atoms with E-state index in [4.69, 9.17) is 16.0 Å². The lowest BCUT2D eigenvalue weighted by Crippen LogP contribution is -2.02. The van der Waals surface area contributed by atoms with Gasteiger partial charge in [0.15, 0.2) is 0 Å². The molecular formula is C16H13ClO3S. The van der Waals surface area contributed by atoms with Gasteiger partial charge in [-0.3, -0.25) is 0 Å². The molecule has 0 aliphatic rings. The maximum atomic E-state index is 12.8. The number of rotatable bonds is 2. The summed E-state index contributed by atoms with van der Waals surface area (Å²) in [5, 5.41) is 1.11. The van der Waals surface area contributed by atoms with Gasteiger partial charge in [0.1, 0.15) is 16.2 Å². The Morgan fingerprint density at radius 3 is 2.33 bits per heavy atom. The molecule has 5 heteroatoms. The van der Waals surface area contributed by atoms with E-state index < -0.39 is 9.84 Å². The van der Waals surface area contributed by atoms with Crippen LogP contribution in [-0.4, -0.2) is 8.42 Å². The Morgan fingerprint density at radius 2 is 1.67 bits per heavy atom. The molecule has 3 rings (SSSR count). The molecule has 0 atom stereocenters. The first kappa shape index (κ1) is 14.2. The Kier molecular flexibility index (Phi) is 3.30. The van der Waals surface area contributed by atoms with E-state index in [2.05, 4.69) is 0 Å². The quantitative estimate of drug-likeness (QED) is 0.696. The second-order valence-electron chi connectivity index (χ2n) is 4.94. The number of hydrogen-bond donors (Lipinski definition) is 0. The minimum absolute atomic E-state index is 0.208. The predicted molar refractivity (Wildman–Crippen MR) is 82.6 cm³/mol. The first-order valence-electron chi connectivity index (χ1n) is 6.40. The highest BCUT2D eigenvalue weighted by Gasteiger charge is 2.26. The number of benzene rings is 2. The maximum Gasteiger partial charge on any atom is 0.210 e. The second kappa shape index (κ2) is 4.90. The molecule has 21 heavy (non-hydrogen) atoms. The van der Waals surface area contributed by atoms with E-state index in [9.17, 15) is 8.42 Å². The fourth-order valence-corrected chi connectivity index (χ4v) is 4.10. The van der Waals surface area contributed by atoms with Crippen molar-refractivity contribution in [1.29, 1.82) is 0 Å². The van der Waals surface area contributed by atoms with Crippen molar-refractivity contribution in [3.63, 3.8) is 0 Å². The first-order valence-corrected chi connectivity index (χ1v) is 8.26. The van der Waals surface area contributed by atoms with Crippen LogP contribution in [0.1, 0.15) is 11.3 Å². The third kappa shape index (κ3) is 2.34. The van der Waals surface area contributed by atoms with Gasteiger partial charge >= 0.3 is 0 Å². The number of furan rings is 1. The van der Waals surface area contributed by atoms with Gasteiger partial charge in [-0.25, -0.2) is 8.42 Å². The van der Waals surface area contributed by atoms with Crippen LogP contribution in [0.15, 0.2) is 56.7 Å². The molecule has 0 aliphatic carbocycles. The molecule has 0 aliphatic heterocycles. The summed E-state index contributed by atoms with van der Waals surface area (Å²) < 4.78 is 31.3. The topological polar surface area (TPSA) is 47.3 Å². The standard InChI is InChI=1S/C16H13ClO3S/c1-10-3-8-15-14(9-10)16(11(2)20-15)21(18,19)13-6-4-12(17)5-7-13/h3-9H,1-2H3. The number of halogens is 1. The molecule has 0 amide bonds. The molecule has 0 bridgehead atoms. The van der Waals surface area contributed by atoms with Crippen molar-refractivity contribution in [1.82, 2.24) is 0 Å². The lowest BCUT2D eigenvalue weighted by Gasteiger charge is -2.04. The SMILES string of the molecule is Cc1ccc2oc(C)c(S(=O)(=O)c3ccc(Cl)cc3)c2c1. The molecule has 0 unspecified atom stereocenters. The summed E-state index contributed by atoms with van der Waals surface area (Å²) in [4.78, 5) is 0.433. The lowest BCUT2D eigenvalue weighted by atomic mass is 10.2. The molecule has 0 spiro atoms. The third-order valence-electron chi connectivity index (χ3n) is 3.36. The van der Waals surface area contributed by atoms with Crippen LogP contribution in [0, 0.1) is 13.8 Å². The Labute approximate surface area is 128 Å². The van der Waals surface area contributed by atoms with Gasteiger partial charge in [0, 0.05) is 10.4 Å². The van der Waals surface area contributed by atoms with E-state index in [0.717, 1.165) is 5.56 Å². The van der Waals surface area contributed by atoms with Crippen molar-refractivity contribution in [2.75, 3.05) is 0 Å².